The minimum atomic E-state index is 0. The largest absolute Gasteiger partial charge is 0.493 e. The highest BCUT2D eigenvalue weighted by Gasteiger charge is 2.05. The molecule has 7 heteroatoms. The lowest BCUT2D eigenvalue weighted by Crippen LogP contribution is -2.39. The molecule has 0 saturated carbocycles. The standard InChI is InChI=1S/C17H29N3O3.HI/c1-5-18-17(19-10-11-22-6-2)20-13-14-8-9-15(23-7-3)16(12-14)21-4;/h8-9,12H,5-7,10-11,13H2,1-4H3,(H2,18,19,20);1H. The van der Waals surface area contributed by atoms with Crippen molar-refractivity contribution in [3.05, 3.63) is 23.8 Å². The molecule has 0 atom stereocenters. The molecule has 1 aromatic carbocycles. The lowest BCUT2D eigenvalue weighted by atomic mass is 10.2. The first-order valence-electron chi connectivity index (χ1n) is 8.14. The molecule has 0 radical (unpaired) electrons. The maximum atomic E-state index is 5.52. The summed E-state index contributed by atoms with van der Waals surface area (Å²) in [5, 5.41) is 6.46. The van der Waals surface area contributed by atoms with Crippen LogP contribution in [0.15, 0.2) is 23.2 Å². The van der Waals surface area contributed by atoms with Crippen LogP contribution in [0.25, 0.3) is 0 Å². The average molecular weight is 451 g/mol. The molecule has 0 aromatic heterocycles. The molecule has 0 saturated heterocycles. The maximum Gasteiger partial charge on any atom is 0.191 e. The summed E-state index contributed by atoms with van der Waals surface area (Å²) in [5.41, 5.74) is 1.06. The Bertz CT molecular complexity index is 484. The topological polar surface area (TPSA) is 64.1 Å². The summed E-state index contributed by atoms with van der Waals surface area (Å²) in [6.07, 6.45) is 0. The van der Waals surface area contributed by atoms with Crippen LogP contribution in [0.4, 0.5) is 0 Å². The Kier molecular flexibility index (Phi) is 13.4. The smallest absolute Gasteiger partial charge is 0.191 e. The van der Waals surface area contributed by atoms with Crippen molar-refractivity contribution in [1.82, 2.24) is 10.6 Å². The Morgan fingerprint density at radius 1 is 1.08 bits per heavy atom. The van der Waals surface area contributed by atoms with Crippen molar-refractivity contribution in [2.24, 2.45) is 4.99 Å². The van der Waals surface area contributed by atoms with E-state index in [1.165, 1.54) is 0 Å². The molecule has 0 fully saturated rings. The van der Waals surface area contributed by atoms with Gasteiger partial charge in [-0.3, -0.25) is 0 Å². The van der Waals surface area contributed by atoms with Gasteiger partial charge in [-0.15, -0.1) is 24.0 Å². The molecule has 0 aliphatic rings. The van der Waals surface area contributed by atoms with Gasteiger partial charge in [-0.05, 0) is 38.5 Å². The van der Waals surface area contributed by atoms with Gasteiger partial charge in [0.2, 0.25) is 0 Å². The van der Waals surface area contributed by atoms with E-state index in [0.29, 0.717) is 19.8 Å². The van der Waals surface area contributed by atoms with E-state index in [1.54, 1.807) is 7.11 Å². The minimum absolute atomic E-state index is 0. The first kappa shape index (κ1) is 22.8. The van der Waals surface area contributed by atoms with Crippen LogP contribution in [0.2, 0.25) is 0 Å². The quantitative estimate of drug-likeness (QED) is 0.248. The van der Waals surface area contributed by atoms with Gasteiger partial charge in [0.25, 0.3) is 0 Å². The summed E-state index contributed by atoms with van der Waals surface area (Å²) < 4.78 is 16.2. The number of rotatable bonds is 10. The molecule has 0 unspecified atom stereocenters. The van der Waals surface area contributed by atoms with Crippen LogP contribution in [0.3, 0.4) is 0 Å². The zero-order chi connectivity index (χ0) is 16.9. The Labute approximate surface area is 162 Å². The van der Waals surface area contributed by atoms with Gasteiger partial charge in [-0.1, -0.05) is 6.07 Å². The van der Waals surface area contributed by atoms with E-state index in [-0.39, 0.29) is 24.0 Å². The van der Waals surface area contributed by atoms with Gasteiger partial charge in [-0.25, -0.2) is 4.99 Å². The van der Waals surface area contributed by atoms with Crippen LogP contribution in [0.5, 0.6) is 11.5 Å². The Morgan fingerprint density at radius 3 is 2.50 bits per heavy atom. The molecule has 2 N–H and O–H groups in total. The van der Waals surface area contributed by atoms with Crippen LogP contribution in [0, 0.1) is 0 Å². The lowest BCUT2D eigenvalue weighted by molar-refractivity contribution is 0.152. The number of aliphatic imine (C=N–C) groups is 1. The van der Waals surface area contributed by atoms with Crippen molar-refractivity contribution in [3.63, 3.8) is 0 Å². The molecule has 0 aliphatic carbocycles. The van der Waals surface area contributed by atoms with E-state index in [9.17, 15) is 0 Å². The van der Waals surface area contributed by atoms with Gasteiger partial charge in [0.05, 0.1) is 26.9 Å². The summed E-state index contributed by atoms with van der Waals surface area (Å²) in [4.78, 5) is 4.57. The Hall–Kier alpha value is -1.22. The third-order valence-corrected chi connectivity index (χ3v) is 3.03. The molecule has 1 rings (SSSR count). The zero-order valence-electron chi connectivity index (χ0n) is 15.1. The van der Waals surface area contributed by atoms with Crippen molar-refractivity contribution >= 4 is 29.9 Å². The molecule has 1 aromatic rings. The monoisotopic (exact) mass is 451 g/mol. The fraction of sp³-hybridized carbons (Fsp3) is 0.588. The number of benzene rings is 1. The number of hydrogen-bond donors (Lipinski definition) is 2. The molecular formula is C17H30IN3O3. The SMILES string of the molecule is CCNC(=NCc1ccc(OCC)c(OC)c1)NCCOCC.I. The molecular weight excluding hydrogens is 421 g/mol. The van der Waals surface area contributed by atoms with Gasteiger partial charge < -0.3 is 24.8 Å². The van der Waals surface area contributed by atoms with Gasteiger partial charge >= 0.3 is 0 Å². The van der Waals surface area contributed by atoms with Gasteiger partial charge in [0.1, 0.15) is 0 Å². The molecule has 24 heavy (non-hydrogen) atoms. The summed E-state index contributed by atoms with van der Waals surface area (Å²) >= 11 is 0. The van der Waals surface area contributed by atoms with E-state index in [1.807, 2.05) is 39.0 Å². The van der Waals surface area contributed by atoms with Crippen LogP contribution in [-0.2, 0) is 11.3 Å². The summed E-state index contributed by atoms with van der Waals surface area (Å²) in [7, 11) is 1.64. The highest BCUT2D eigenvalue weighted by molar-refractivity contribution is 14.0. The first-order valence-corrected chi connectivity index (χ1v) is 8.14. The lowest BCUT2D eigenvalue weighted by Gasteiger charge is -2.12. The number of nitrogens with zero attached hydrogens (tertiary/aromatic N) is 1. The Balaban J connectivity index is 0.00000529. The summed E-state index contributed by atoms with van der Waals surface area (Å²) in [6.45, 7) is 10.1. The Morgan fingerprint density at radius 2 is 1.88 bits per heavy atom. The molecule has 0 spiro atoms. The number of halogens is 1. The van der Waals surface area contributed by atoms with E-state index < -0.39 is 0 Å². The third-order valence-electron chi connectivity index (χ3n) is 3.03. The number of hydrogen-bond acceptors (Lipinski definition) is 4. The van der Waals surface area contributed by atoms with E-state index in [4.69, 9.17) is 14.2 Å². The second-order valence-corrected chi connectivity index (χ2v) is 4.74. The van der Waals surface area contributed by atoms with Crippen LogP contribution >= 0.6 is 24.0 Å². The van der Waals surface area contributed by atoms with Crippen molar-refractivity contribution in [2.75, 3.05) is 40.0 Å². The van der Waals surface area contributed by atoms with Crippen molar-refractivity contribution in [2.45, 2.75) is 27.3 Å². The number of ether oxygens (including phenoxy) is 3. The average Bonchev–Trinajstić information content (AvgIpc) is 2.57. The van der Waals surface area contributed by atoms with Crippen molar-refractivity contribution < 1.29 is 14.2 Å². The predicted molar refractivity (Wildman–Crippen MR) is 109 cm³/mol. The minimum Gasteiger partial charge on any atom is -0.493 e. The third kappa shape index (κ3) is 8.58. The van der Waals surface area contributed by atoms with Gasteiger partial charge in [0, 0.05) is 19.7 Å². The van der Waals surface area contributed by atoms with E-state index >= 15 is 0 Å². The molecule has 0 heterocycles. The van der Waals surface area contributed by atoms with Gasteiger partial charge in [-0.2, -0.15) is 0 Å². The number of methoxy groups -OCH3 is 1. The van der Waals surface area contributed by atoms with Crippen LogP contribution < -0.4 is 20.1 Å². The molecule has 138 valence electrons. The van der Waals surface area contributed by atoms with E-state index in [0.717, 1.165) is 42.7 Å². The normalized spacial score (nSPS) is 10.8. The fourth-order valence-electron chi connectivity index (χ4n) is 1.98. The second-order valence-electron chi connectivity index (χ2n) is 4.74. The van der Waals surface area contributed by atoms with Crippen molar-refractivity contribution in [3.8, 4) is 11.5 Å². The number of guanidine groups is 1. The first-order chi connectivity index (χ1) is 11.2. The summed E-state index contributed by atoms with van der Waals surface area (Å²) in [5.74, 6) is 2.26. The molecule has 6 nitrogen and oxygen atoms in total. The van der Waals surface area contributed by atoms with E-state index in [2.05, 4.69) is 15.6 Å². The fourth-order valence-corrected chi connectivity index (χ4v) is 1.98. The second kappa shape index (κ2) is 14.2. The number of nitrogens with one attached hydrogen (secondary N) is 2. The highest BCUT2D eigenvalue weighted by atomic mass is 127. The van der Waals surface area contributed by atoms with Crippen LogP contribution in [0.1, 0.15) is 26.3 Å². The van der Waals surface area contributed by atoms with Crippen molar-refractivity contribution in [1.29, 1.82) is 0 Å². The van der Waals surface area contributed by atoms with Crippen LogP contribution in [-0.4, -0.2) is 46.0 Å². The zero-order valence-corrected chi connectivity index (χ0v) is 17.4. The molecule has 0 amide bonds. The molecule has 0 aliphatic heterocycles. The molecule has 0 bridgehead atoms. The maximum absolute atomic E-state index is 5.52. The van der Waals surface area contributed by atoms with Gasteiger partial charge in [0.15, 0.2) is 17.5 Å². The summed E-state index contributed by atoms with van der Waals surface area (Å²) in [6, 6.07) is 5.88. The highest BCUT2D eigenvalue weighted by Crippen LogP contribution is 2.28. The predicted octanol–water partition coefficient (Wildman–Crippen LogP) is 2.80.